The second kappa shape index (κ2) is 8.76. The van der Waals surface area contributed by atoms with Gasteiger partial charge in [0.1, 0.15) is 29.3 Å². The third-order valence-corrected chi connectivity index (χ3v) is 6.99. The summed E-state index contributed by atoms with van der Waals surface area (Å²) in [6.45, 7) is 4.82. The molecule has 3 N–H and O–H groups in total. The van der Waals surface area contributed by atoms with Crippen molar-refractivity contribution in [3.05, 3.63) is 72.6 Å². The van der Waals surface area contributed by atoms with Gasteiger partial charge in [-0.1, -0.05) is 24.8 Å². The molecule has 0 radical (unpaired) electrons. The van der Waals surface area contributed by atoms with E-state index in [2.05, 4.69) is 16.5 Å². The van der Waals surface area contributed by atoms with Gasteiger partial charge in [0.15, 0.2) is 5.65 Å². The fourth-order valence-corrected chi connectivity index (χ4v) is 5.19. The first kappa shape index (κ1) is 22.2. The highest BCUT2D eigenvalue weighted by Crippen LogP contribution is 2.41. The van der Waals surface area contributed by atoms with E-state index in [0.29, 0.717) is 53.4 Å². The zero-order valence-corrected chi connectivity index (χ0v) is 19.7. The van der Waals surface area contributed by atoms with Crippen LogP contribution >= 0.6 is 0 Å². The topological polar surface area (TPSA) is 119 Å². The lowest BCUT2D eigenvalue weighted by molar-refractivity contribution is -0.127. The number of carbonyl (C=O) groups is 1. The Labute approximate surface area is 207 Å². The van der Waals surface area contributed by atoms with Crippen LogP contribution in [-0.2, 0) is 11.2 Å². The molecule has 1 saturated heterocycles. The number of amides is 1. The second-order valence-corrected chi connectivity index (χ2v) is 9.22. The number of aliphatic hydroxyl groups excluding tert-OH is 1. The Balaban J connectivity index is 1.44. The van der Waals surface area contributed by atoms with Crippen molar-refractivity contribution in [2.24, 2.45) is 0 Å². The Morgan fingerprint density at radius 2 is 2.06 bits per heavy atom. The van der Waals surface area contributed by atoms with Crippen LogP contribution in [0.1, 0.15) is 36.1 Å². The lowest BCUT2D eigenvalue weighted by Gasteiger charge is -2.32. The maximum Gasteiger partial charge on any atom is 0.246 e. The summed E-state index contributed by atoms with van der Waals surface area (Å²) in [6, 6.07) is 13.3. The van der Waals surface area contributed by atoms with Crippen LogP contribution in [0.25, 0.3) is 22.3 Å². The molecule has 1 amide bonds. The first-order valence-corrected chi connectivity index (χ1v) is 12.0. The molecule has 0 saturated carbocycles. The largest absolute Gasteiger partial charge is 0.457 e. The number of carbonyl (C=O) groups excluding carboxylic acids is 1. The first-order valence-electron chi connectivity index (χ1n) is 12.0. The summed E-state index contributed by atoms with van der Waals surface area (Å²) >= 11 is 0. The summed E-state index contributed by atoms with van der Waals surface area (Å²) in [5.41, 5.74) is 9.99. The highest BCUT2D eigenvalue weighted by atomic mass is 16.5. The summed E-state index contributed by atoms with van der Waals surface area (Å²) in [5.74, 6) is 1.59. The Bertz CT molecular complexity index is 1500. The zero-order valence-electron chi connectivity index (χ0n) is 19.7. The number of nitrogens with two attached hydrogens (primary N) is 1. The van der Waals surface area contributed by atoms with E-state index in [0.717, 1.165) is 29.7 Å². The number of ether oxygens (including phenoxy) is 1. The van der Waals surface area contributed by atoms with Gasteiger partial charge in [0.25, 0.3) is 0 Å². The van der Waals surface area contributed by atoms with Gasteiger partial charge in [0.05, 0.1) is 17.5 Å². The first-order chi connectivity index (χ1) is 17.5. The van der Waals surface area contributed by atoms with Crippen LogP contribution in [0, 0.1) is 0 Å². The lowest BCUT2D eigenvalue weighted by Crippen LogP contribution is -2.40. The molecule has 36 heavy (non-hydrogen) atoms. The number of fused-ring (bicyclic) bond motifs is 3. The maximum absolute atomic E-state index is 12.3. The monoisotopic (exact) mass is 482 g/mol. The van der Waals surface area contributed by atoms with Crippen LogP contribution in [0.2, 0.25) is 0 Å². The number of para-hydroxylation sites is 1. The summed E-state index contributed by atoms with van der Waals surface area (Å²) in [4.78, 5) is 22.8. The van der Waals surface area contributed by atoms with Gasteiger partial charge in [-0.15, -0.1) is 0 Å². The second-order valence-electron chi connectivity index (χ2n) is 9.22. The predicted molar refractivity (Wildman–Crippen MR) is 135 cm³/mol. The van der Waals surface area contributed by atoms with Gasteiger partial charge in [0.2, 0.25) is 5.91 Å². The molecule has 2 aromatic heterocycles. The van der Waals surface area contributed by atoms with Crippen molar-refractivity contribution in [2.45, 2.75) is 31.4 Å². The molecule has 0 aliphatic carbocycles. The van der Waals surface area contributed by atoms with Crippen molar-refractivity contribution in [1.29, 1.82) is 0 Å². The fraction of sp³-hybridized carbons (Fsp3) is 0.259. The third kappa shape index (κ3) is 3.68. The van der Waals surface area contributed by atoms with E-state index in [9.17, 15) is 9.90 Å². The highest BCUT2D eigenvalue weighted by molar-refractivity contribution is 5.98. The molecule has 0 bridgehead atoms. The number of hydrogen-bond donors (Lipinski definition) is 2. The third-order valence-electron chi connectivity index (χ3n) is 6.99. The highest BCUT2D eigenvalue weighted by Gasteiger charge is 2.29. The van der Waals surface area contributed by atoms with E-state index in [1.165, 1.54) is 12.4 Å². The summed E-state index contributed by atoms with van der Waals surface area (Å²) in [7, 11) is 0. The minimum absolute atomic E-state index is 0.0579. The fourth-order valence-electron chi connectivity index (χ4n) is 5.19. The van der Waals surface area contributed by atoms with Crippen LogP contribution in [0.3, 0.4) is 0 Å². The number of hydrogen-bond acceptors (Lipinski definition) is 7. The van der Waals surface area contributed by atoms with Crippen LogP contribution in [0.5, 0.6) is 11.5 Å². The van der Waals surface area contributed by atoms with Crippen molar-refractivity contribution in [3.8, 4) is 22.8 Å². The van der Waals surface area contributed by atoms with Crippen molar-refractivity contribution in [2.75, 3.05) is 18.8 Å². The van der Waals surface area contributed by atoms with Gasteiger partial charge < -0.3 is 20.5 Å². The molecule has 9 nitrogen and oxygen atoms in total. The number of likely N-dealkylation sites (tertiary alicyclic amines) is 1. The Morgan fingerprint density at radius 3 is 2.92 bits per heavy atom. The summed E-state index contributed by atoms with van der Waals surface area (Å²) < 4.78 is 8.00. The van der Waals surface area contributed by atoms with Crippen LogP contribution in [0.15, 0.2) is 61.4 Å². The lowest BCUT2D eigenvalue weighted by atomic mass is 9.98. The van der Waals surface area contributed by atoms with Gasteiger partial charge in [0, 0.05) is 30.6 Å². The molecule has 2 aromatic carbocycles. The van der Waals surface area contributed by atoms with E-state index >= 15 is 0 Å². The van der Waals surface area contributed by atoms with E-state index < -0.39 is 6.10 Å². The van der Waals surface area contributed by atoms with Gasteiger partial charge in [-0.2, -0.15) is 5.10 Å². The van der Waals surface area contributed by atoms with E-state index in [1.54, 1.807) is 4.90 Å². The van der Waals surface area contributed by atoms with Crippen LogP contribution < -0.4 is 10.5 Å². The van der Waals surface area contributed by atoms with Gasteiger partial charge in [-0.25, -0.2) is 14.6 Å². The molecule has 9 heteroatoms. The van der Waals surface area contributed by atoms with E-state index in [1.807, 2.05) is 47.1 Å². The SMILES string of the molecule is C=CC(=O)N1CCC[C@@H](n2nc(-c3ccc4c(c3)C(O)Cc3ccccc3O4)c3c(N)ncnc32)C1. The molecular formula is C27H26N6O3. The molecule has 6 rings (SSSR count). The standard InChI is InChI=1S/C27H26N6O3/c1-2-23(35)32-11-5-7-18(14-32)33-27-24(26(28)29-15-30-27)25(31-33)17-9-10-22-19(12-17)20(34)13-16-6-3-4-8-21(16)36-22/h2-4,6,8-10,12,15,18,20,34H,1,5,7,11,13-14H2,(H2,28,29,30)/t18-,20?/m1/s1. The molecule has 182 valence electrons. The molecule has 4 aromatic rings. The number of rotatable bonds is 3. The molecule has 4 heterocycles. The molecule has 1 unspecified atom stereocenters. The Morgan fingerprint density at radius 1 is 1.19 bits per heavy atom. The summed E-state index contributed by atoms with van der Waals surface area (Å²) in [5, 5.41) is 16.6. The number of anilines is 1. The molecular weight excluding hydrogens is 456 g/mol. The van der Waals surface area contributed by atoms with Crippen molar-refractivity contribution in [3.63, 3.8) is 0 Å². The smallest absolute Gasteiger partial charge is 0.246 e. The van der Waals surface area contributed by atoms with E-state index in [4.69, 9.17) is 15.6 Å². The van der Waals surface area contributed by atoms with Gasteiger partial charge in [-0.3, -0.25) is 4.79 Å². The average Bonchev–Trinajstić information content (AvgIpc) is 3.24. The molecule has 2 aliphatic heterocycles. The number of nitrogen functional groups attached to an aromatic ring is 1. The zero-order chi connectivity index (χ0) is 24.8. The minimum Gasteiger partial charge on any atom is -0.457 e. The van der Waals surface area contributed by atoms with Crippen molar-refractivity contribution >= 4 is 22.8 Å². The number of benzene rings is 2. The quantitative estimate of drug-likeness (QED) is 0.426. The molecule has 0 spiro atoms. The van der Waals surface area contributed by atoms with E-state index in [-0.39, 0.29) is 11.9 Å². The minimum atomic E-state index is -0.734. The average molecular weight is 483 g/mol. The number of piperidine rings is 1. The number of nitrogens with zero attached hydrogens (tertiary/aromatic N) is 5. The van der Waals surface area contributed by atoms with Crippen LogP contribution in [-0.4, -0.2) is 48.8 Å². The van der Waals surface area contributed by atoms with Gasteiger partial charge >= 0.3 is 0 Å². The predicted octanol–water partition coefficient (Wildman–Crippen LogP) is 3.81. The summed E-state index contributed by atoms with van der Waals surface area (Å²) in [6.07, 6.45) is 4.20. The van der Waals surface area contributed by atoms with Crippen molar-refractivity contribution in [1.82, 2.24) is 24.6 Å². The molecule has 1 fully saturated rings. The maximum atomic E-state index is 12.3. The van der Waals surface area contributed by atoms with Crippen LogP contribution in [0.4, 0.5) is 5.82 Å². The Kier molecular flexibility index (Phi) is 5.41. The molecule has 2 atom stereocenters. The Hall–Kier alpha value is -4.24. The van der Waals surface area contributed by atoms with Crippen molar-refractivity contribution < 1.29 is 14.6 Å². The number of aromatic nitrogens is 4. The normalized spacial score (nSPS) is 19.2. The number of aliphatic hydroxyl groups is 1. The molecule has 2 aliphatic rings. The van der Waals surface area contributed by atoms with Gasteiger partial charge in [-0.05, 0) is 48.7 Å².